The Balaban J connectivity index is 1.45. The minimum absolute atomic E-state index is 0.147. The van der Waals surface area contributed by atoms with Crippen LogP contribution in [-0.2, 0) is 4.79 Å². The number of anilines is 1. The largest absolute Gasteiger partial charge is 0.323 e. The minimum atomic E-state index is -0.289. The van der Waals surface area contributed by atoms with Gasteiger partial charge in [-0.15, -0.1) is 25.1 Å². The summed E-state index contributed by atoms with van der Waals surface area (Å²) in [5, 5.41) is 34.2. The van der Waals surface area contributed by atoms with Crippen LogP contribution < -0.4 is 5.32 Å². The molecule has 0 spiro atoms. The number of carbonyl (C=O) groups is 1. The SMILES string of the molecule is C=CC(=O)Nc1ccc(-c2nn3nc(C)c(N=Nc4nn(-c5ncns5)cc4C#N)c3[nH]2)cc1. The number of nitrogens with one attached hydrogen (secondary N) is 2. The molecule has 4 heterocycles. The molecule has 0 bridgehead atoms. The molecule has 0 radical (unpaired) electrons. The Morgan fingerprint density at radius 1 is 1.26 bits per heavy atom. The van der Waals surface area contributed by atoms with Crippen molar-refractivity contribution in [3.05, 3.63) is 60.7 Å². The number of hydrogen-bond donors (Lipinski definition) is 2. The highest BCUT2D eigenvalue weighted by molar-refractivity contribution is 7.07. The van der Waals surface area contributed by atoms with Crippen LogP contribution in [0.4, 0.5) is 17.2 Å². The number of nitriles is 1. The molecule has 1 amide bonds. The average molecular weight is 470 g/mol. The molecule has 13 nitrogen and oxygen atoms in total. The van der Waals surface area contributed by atoms with Crippen LogP contribution in [0.5, 0.6) is 0 Å². The fourth-order valence-corrected chi connectivity index (χ4v) is 3.51. The maximum atomic E-state index is 11.4. The Morgan fingerprint density at radius 2 is 2.09 bits per heavy atom. The first-order chi connectivity index (χ1) is 16.6. The maximum absolute atomic E-state index is 11.4. The molecule has 0 aliphatic carbocycles. The molecule has 1 aromatic carbocycles. The van der Waals surface area contributed by atoms with Gasteiger partial charge in [0.05, 0.1) is 11.9 Å². The third-order valence-corrected chi connectivity index (χ3v) is 5.32. The lowest BCUT2D eigenvalue weighted by atomic mass is 10.2. The molecule has 0 saturated carbocycles. The van der Waals surface area contributed by atoms with Crippen LogP contribution in [0.2, 0.25) is 0 Å². The van der Waals surface area contributed by atoms with E-state index < -0.39 is 0 Å². The van der Waals surface area contributed by atoms with Crippen LogP contribution in [0.15, 0.2) is 59.7 Å². The number of hydrogen-bond acceptors (Lipinski definition) is 10. The molecule has 0 saturated heterocycles. The number of aromatic nitrogens is 8. The molecule has 0 aliphatic heterocycles. The fourth-order valence-electron chi connectivity index (χ4n) is 3.05. The van der Waals surface area contributed by atoms with E-state index in [1.165, 1.54) is 27.9 Å². The van der Waals surface area contributed by atoms with Crippen molar-refractivity contribution in [3.63, 3.8) is 0 Å². The lowest BCUT2D eigenvalue weighted by Crippen LogP contribution is -2.06. The molecule has 166 valence electrons. The van der Waals surface area contributed by atoms with Gasteiger partial charge >= 0.3 is 0 Å². The van der Waals surface area contributed by atoms with Crippen molar-refractivity contribution < 1.29 is 4.79 Å². The van der Waals surface area contributed by atoms with E-state index >= 15 is 0 Å². The molecule has 5 aromatic rings. The predicted molar refractivity (Wildman–Crippen MR) is 122 cm³/mol. The number of benzene rings is 1. The molecule has 0 unspecified atom stereocenters. The van der Waals surface area contributed by atoms with Gasteiger partial charge in [-0.2, -0.15) is 14.7 Å². The predicted octanol–water partition coefficient (Wildman–Crippen LogP) is 3.48. The van der Waals surface area contributed by atoms with Gasteiger partial charge in [0.15, 0.2) is 17.2 Å². The van der Waals surface area contributed by atoms with Crippen LogP contribution >= 0.6 is 11.5 Å². The minimum Gasteiger partial charge on any atom is -0.323 e. The van der Waals surface area contributed by atoms with Gasteiger partial charge in [0.25, 0.3) is 0 Å². The highest BCUT2D eigenvalue weighted by atomic mass is 32.1. The van der Waals surface area contributed by atoms with Crippen molar-refractivity contribution in [3.8, 4) is 22.6 Å². The van der Waals surface area contributed by atoms with Crippen LogP contribution in [0.25, 0.3) is 22.2 Å². The number of fused-ring (bicyclic) bond motifs is 1. The number of rotatable bonds is 6. The van der Waals surface area contributed by atoms with E-state index in [1.807, 2.05) is 12.1 Å². The Labute approximate surface area is 195 Å². The molecule has 4 aromatic heterocycles. The number of amides is 1. The van der Waals surface area contributed by atoms with E-state index in [-0.39, 0.29) is 17.3 Å². The van der Waals surface area contributed by atoms with Gasteiger partial charge < -0.3 is 10.3 Å². The Hall–Kier alpha value is -5.03. The van der Waals surface area contributed by atoms with Crippen LogP contribution in [0.3, 0.4) is 0 Å². The second kappa shape index (κ2) is 8.48. The first kappa shape index (κ1) is 20.8. The van der Waals surface area contributed by atoms with E-state index in [0.717, 1.165) is 17.1 Å². The third-order valence-electron chi connectivity index (χ3n) is 4.66. The number of carbonyl (C=O) groups excluding carboxylic acids is 1. The Kier molecular flexibility index (Phi) is 5.20. The van der Waals surface area contributed by atoms with E-state index in [2.05, 4.69) is 57.8 Å². The maximum Gasteiger partial charge on any atom is 0.247 e. The number of H-pyrrole nitrogens is 1. The summed E-state index contributed by atoms with van der Waals surface area (Å²) in [4.78, 5) is 18.7. The van der Waals surface area contributed by atoms with Crippen molar-refractivity contribution >= 4 is 40.3 Å². The van der Waals surface area contributed by atoms with E-state index in [0.29, 0.717) is 33.7 Å². The van der Waals surface area contributed by atoms with Crippen molar-refractivity contribution in [1.82, 2.24) is 38.9 Å². The summed E-state index contributed by atoms with van der Waals surface area (Å²) in [7, 11) is 0. The zero-order chi connectivity index (χ0) is 23.7. The van der Waals surface area contributed by atoms with Crippen molar-refractivity contribution in [1.29, 1.82) is 5.26 Å². The standard InChI is InChI=1S/C20H14N12OS/c1-3-15(33)24-14-6-4-12(5-7-14)17-25-19-16(11(2)28-32(19)30-17)26-27-18-13(8-21)9-31(29-18)20-22-10-23-34-20/h3-7,9-10H,1H2,2H3,(H,24,33)(H,25,30). The third kappa shape index (κ3) is 3.82. The summed E-state index contributed by atoms with van der Waals surface area (Å²) >= 11 is 1.14. The van der Waals surface area contributed by atoms with Crippen molar-refractivity contribution in [2.75, 3.05) is 5.32 Å². The summed E-state index contributed by atoms with van der Waals surface area (Å²) in [5.41, 5.74) is 3.25. The molecule has 0 atom stereocenters. The van der Waals surface area contributed by atoms with E-state index in [9.17, 15) is 10.1 Å². The van der Waals surface area contributed by atoms with E-state index in [1.54, 1.807) is 19.1 Å². The summed E-state index contributed by atoms with van der Waals surface area (Å²) in [6.45, 7) is 5.21. The number of aromatic amines is 1. The van der Waals surface area contributed by atoms with Gasteiger partial charge in [-0.1, -0.05) is 6.58 Å². The molecule has 5 rings (SSSR count). The first-order valence-electron chi connectivity index (χ1n) is 9.73. The molecule has 34 heavy (non-hydrogen) atoms. The van der Waals surface area contributed by atoms with Gasteiger partial charge in [-0.05, 0) is 37.3 Å². The molecular formula is C20H14N12OS. The van der Waals surface area contributed by atoms with Crippen LogP contribution in [0.1, 0.15) is 11.3 Å². The van der Waals surface area contributed by atoms with Crippen molar-refractivity contribution in [2.24, 2.45) is 10.2 Å². The van der Waals surface area contributed by atoms with Crippen LogP contribution in [0, 0.1) is 18.3 Å². The fraction of sp³-hybridized carbons (Fsp3) is 0.0500. The van der Waals surface area contributed by atoms with Gasteiger partial charge in [-0.3, -0.25) is 4.79 Å². The molecular weight excluding hydrogens is 456 g/mol. The highest BCUT2D eigenvalue weighted by Gasteiger charge is 2.16. The highest BCUT2D eigenvalue weighted by Crippen LogP contribution is 2.29. The Morgan fingerprint density at radius 3 is 2.79 bits per heavy atom. The second-order valence-electron chi connectivity index (χ2n) is 6.86. The smallest absolute Gasteiger partial charge is 0.247 e. The van der Waals surface area contributed by atoms with Gasteiger partial charge in [0, 0.05) is 22.8 Å². The van der Waals surface area contributed by atoms with Gasteiger partial charge in [-0.25, -0.2) is 9.67 Å². The summed E-state index contributed by atoms with van der Waals surface area (Å²) < 4.78 is 6.79. The summed E-state index contributed by atoms with van der Waals surface area (Å²) in [5.74, 6) is 0.412. The zero-order valence-corrected chi connectivity index (χ0v) is 18.4. The molecule has 0 aliphatic rings. The molecule has 2 N–H and O–H groups in total. The van der Waals surface area contributed by atoms with Crippen molar-refractivity contribution in [2.45, 2.75) is 6.92 Å². The molecule has 0 fully saturated rings. The number of aryl methyl sites for hydroxylation is 1. The normalized spacial score (nSPS) is 11.2. The Bertz CT molecular complexity index is 1580. The quantitative estimate of drug-likeness (QED) is 0.283. The topological polar surface area (TPSA) is 167 Å². The number of azo groups is 1. The number of nitrogens with zero attached hydrogens (tertiary/aromatic N) is 10. The summed E-state index contributed by atoms with van der Waals surface area (Å²) in [6, 6.07) is 9.18. The lowest BCUT2D eigenvalue weighted by Gasteiger charge is -2.02. The van der Waals surface area contributed by atoms with Gasteiger partial charge in [0.2, 0.25) is 16.9 Å². The average Bonchev–Trinajstić information content (AvgIpc) is 3.62. The van der Waals surface area contributed by atoms with Crippen LogP contribution in [-0.4, -0.2) is 44.9 Å². The van der Waals surface area contributed by atoms with Gasteiger partial charge in [0.1, 0.15) is 18.0 Å². The lowest BCUT2D eigenvalue weighted by molar-refractivity contribution is -0.111. The first-order valence-corrected chi connectivity index (χ1v) is 10.5. The zero-order valence-electron chi connectivity index (χ0n) is 17.5. The molecule has 14 heteroatoms. The van der Waals surface area contributed by atoms with E-state index in [4.69, 9.17) is 0 Å². The summed E-state index contributed by atoms with van der Waals surface area (Å²) in [6.07, 6.45) is 4.13. The second-order valence-corrected chi connectivity index (χ2v) is 7.62. The monoisotopic (exact) mass is 470 g/mol.